The predicted molar refractivity (Wildman–Crippen MR) is 213 cm³/mol. The molecule has 1 aliphatic carbocycles. The lowest BCUT2D eigenvalue weighted by atomic mass is 9.82. The number of H-pyrrole nitrogens is 2. The van der Waals surface area contributed by atoms with Crippen LogP contribution in [0.4, 0.5) is 9.18 Å². The summed E-state index contributed by atoms with van der Waals surface area (Å²) >= 11 is 1.77. The number of hydrogen-bond acceptors (Lipinski definition) is 8. The predicted octanol–water partition coefficient (Wildman–Crippen LogP) is 8.70. The van der Waals surface area contributed by atoms with Crippen LogP contribution in [0.2, 0.25) is 0 Å². The van der Waals surface area contributed by atoms with E-state index in [0.29, 0.717) is 60.3 Å². The highest BCUT2D eigenvalue weighted by molar-refractivity contribution is 7.12. The summed E-state index contributed by atoms with van der Waals surface area (Å²) in [4.78, 5) is 46.6. The monoisotopic (exact) mass is 789 g/mol. The molecule has 4 unspecified atom stereocenters. The van der Waals surface area contributed by atoms with Crippen LogP contribution in [0.15, 0.2) is 67.3 Å². The Morgan fingerprint density at radius 3 is 2.68 bits per heavy atom. The number of alkyl carbamates (subject to hydrolysis) is 1. The zero-order valence-corrected chi connectivity index (χ0v) is 32.8. The van der Waals surface area contributed by atoms with Gasteiger partial charge in [-0.15, -0.1) is 11.3 Å². The molecule has 14 heteroatoms. The molecule has 2 saturated heterocycles. The van der Waals surface area contributed by atoms with Crippen LogP contribution in [0, 0.1) is 11.7 Å². The molecular weight excluding hydrogens is 746 g/mol. The summed E-state index contributed by atoms with van der Waals surface area (Å²) in [5.41, 5.74) is 4.79. The first-order chi connectivity index (χ1) is 27.6. The number of thiophene rings is 1. The lowest BCUT2D eigenvalue weighted by molar-refractivity contribution is -0.139. The zero-order chi connectivity index (χ0) is 39.0. The molecule has 3 aliphatic heterocycles. The second-order valence-electron chi connectivity index (χ2n) is 16.3. The number of aromatic amines is 2. The molecule has 2 aromatic carbocycles. The van der Waals surface area contributed by atoms with Crippen LogP contribution in [-0.2, 0) is 14.3 Å². The van der Waals surface area contributed by atoms with Crippen molar-refractivity contribution in [2.45, 2.75) is 82.2 Å². The fraction of sp³-hybridized carbons (Fsp3) is 0.395. The third-order valence-electron chi connectivity index (χ3n) is 12.0. The maximum atomic E-state index is 16.2. The molecule has 3 N–H and O–H groups in total. The van der Waals surface area contributed by atoms with E-state index in [4.69, 9.17) is 19.2 Å². The number of likely N-dealkylation sites (tertiary alicyclic amines) is 1. The Balaban J connectivity index is 0.979. The lowest BCUT2D eigenvalue weighted by Crippen LogP contribution is -2.54. The molecule has 7 heterocycles. The molecule has 1 saturated carbocycles. The van der Waals surface area contributed by atoms with Crippen LogP contribution >= 0.6 is 11.3 Å². The fourth-order valence-corrected chi connectivity index (χ4v) is 10.3. The summed E-state index contributed by atoms with van der Waals surface area (Å²) in [5, 5.41) is 3.79. The van der Waals surface area contributed by atoms with Crippen LogP contribution in [0.5, 0.6) is 5.75 Å². The number of halogens is 1. The summed E-state index contributed by atoms with van der Waals surface area (Å²) in [6, 6.07) is 15.0. The number of nitrogens with zero attached hydrogens (tertiary/aromatic N) is 4. The number of fused-ring (bicyclic) bond motifs is 5. The molecule has 4 aliphatic rings. The van der Waals surface area contributed by atoms with E-state index >= 15 is 4.39 Å². The normalized spacial score (nSPS) is 21.8. The van der Waals surface area contributed by atoms with E-state index in [1.165, 1.54) is 30.9 Å². The first-order valence-corrected chi connectivity index (χ1v) is 20.5. The summed E-state index contributed by atoms with van der Waals surface area (Å²) in [6.07, 6.45) is 9.23. The molecule has 3 fully saturated rings. The summed E-state index contributed by atoms with van der Waals surface area (Å²) in [5.74, 6) is 1.18. The molecule has 4 atom stereocenters. The average molecular weight is 790 g/mol. The van der Waals surface area contributed by atoms with Gasteiger partial charge in [-0.25, -0.2) is 19.2 Å². The zero-order valence-electron chi connectivity index (χ0n) is 32.0. The first kappa shape index (κ1) is 35.9. The number of benzene rings is 2. The van der Waals surface area contributed by atoms with Crippen LogP contribution in [0.25, 0.3) is 44.7 Å². The molecule has 0 bridgehead atoms. The van der Waals surface area contributed by atoms with E-state index in [1.807, 2.05) is 43.1 Å². The van der Waals surface area contributed by atoms with Gasteiger partial charge >= 0.3 is 6.09 Å². The first-order valence-electron chi connectivity index (χ1n) is 19.7. The molecule has 12 nitrogen and oxygen atoms in total. The fourth-order valence-electron chi connectivity index (χ4n) is 9.06. The highest BCUT2D eigenvalue weighted by Crippen LogP contribution is 2.50. The van der Waals surface area contributed by atoms with Crippen molar-refractivity contribution < 1.29 is 28.2 Å². The van der Waals surface area contributed by atoms with Crippen molar-refractivity contribution in [1.82, 2.24) is 34.7 Å². The molecule has 10 rings (SSSR count). The van der Waals surface area contributed by atoms with E-state index in [-0.39, 0.29) is 23.7 Å². The minimum atomic E-state index is -0.742. The van der Waals surface area contributed by atoms with Crippen LogP contribution in [0.3, 0.4) is 0 Å². The largest absolute Gasteiger partial charge is 0.464 e. The van der Waals surface area contributed by atoms with Crippen LogP contribution < -0.4 is 10.1 Å². The smallest absolute Gasteiger partial charge is 0.407 e. The quantitative estimate of drug-likeness (QED) is 0.140. The van der Waals surface area contributed by atoms with E-state index in [9.17, 15) is 9.59 Å². The number of rotatable bonds is 8. The second-order valence-corrected chi connectivity index (χ2v) is 17.4. The summed E-state index contributed by atoms with van der Waals surface area (Å²) < 4.78 is 36.0. The molecule has 6 aromatic rings. The summed E-state index contributed by atoms with van der Waals surface area (Å²) in [6.45, 7) is 5.10. The number of carbonyl (C=O) groups is 2. The number of hydrogen-bond donors (Lipinski definition) is 3. The van der Waals surface area contributed by atoms with Gasteiger partial charge in [0.15, 0.2) is 0 Å². The Morgan fingerprint density at radius 1 is 1.04 bits per heavy atom. The second kappa shape index (κ2) is 13.9. The molecule has 2 amide bonds. The lowest BCUT2D eigenvalue weighted by Gasteiger charge is -2.40. The van der Waals surface area contributed by atoms with Crippen LogP contribution in [-0.4, -0.2) is 73.3 Å². The van der Waals surface area contributed by atoms with Gasteiger partial charge in [-0.3, -0.25) is 9.36 Å². The van der Waals surface area contributed by atoms with Crippen molar-refractivity contribution in [1.29, 1.82) is 0 Å². The van der Waals surface area contributed by atoms with Gasteiger partial charge in [0.05, 0.1) is 70.5 Å². The van der Waals surface area contributed by atoms with Gasteiger partial charge in [0.1, 0.15) is 23.4 Å². The molecule has 4 aromatic heterocycles. The van der Waals surface area contributed by atoms with Crippen molar-refractivity contribution in [3.05, 3.63) is 88.6 Å². The number of imidazole rings is 2. The van der Waals surface area contributed by atoms with Gasteiger partial charge in [-0.1, -0.05) is 6.07 Å². The van der Waals surface area contributed by atoms with Gasteiger partial charge in [0.25, 0.3) is 0 Å². The Kier molecular flexibility index (Phi) is 8.74. The number of nitrogens with one attached hydrogen (secondary N) is 3. The maximum Gasteiger partial charge on any atom is 0.407 e. The number of carbonyl (C=O) groups excluding carboxylic acids is 2. The third kappa shape index (κ3) is 6.48. The Bertz CT molecular complexity index is 2500. The highest BCUT2D eigenvalue weighted by atomic mass is 32.1. The van der Waals surface area contributed by atoms with Crippen molar-refractivity contribution in [2.75, 3.05) is 20.3 Å². The molecule has 0 radical (unpaired) electrons. The van der Waals surface area contributed by atoms with Crippen LogP contribution in [0.1, 0.15) is 86.1 Å². The van der Waals surface area contributed by atoms with Crippen molar-refractivity contribution >= 4 is 34.2 Å². The maximum absolute atomic E-state index is 16.2. The molecule has 57 heavy (non-hydrogen) atoms. The topological polar surface area (TPSA) is 139 Å². The van der Waals surface area contributed by atoms with Crippen molar-refractivity contribution in [3.8, 4) is 39.5 Å². The molecular formula is C43H44FN7O5S. The van der Waals surface area contributed by atoms with Crippen molar-refractivity contribution in [2.24, 2.45) is 5.92 Å². The SMILES string of the molecule is COC(=O)NC(C(=O)N1CCCC1c1ncc(-c2ccc3c(c2)cc2n3C(c3ccc(C4CC4)s3)Oc3cc(-c4cnc[nH]4)cc(F)c3-2)[nH]1)C1CCOC(C)(C)C1. The van der Waals surface area contributed by atoms with Gasteiger partial charge in [0, 0.05) is 34.5 Å². The van der Waals surface area contributed by atoms with E-state index in [1.54, 1.807) is 23.9 Å². The minimum Gasteiger partial charge on any atom is -0.464 e. The number of aromatic nitrogens is 5. The number of ether oxygens (including phenoxy) is 3. The molecule has 294 valence electrons. The van der Waals surface area contributed by atoms with Gasteiger partial charge in [-0.2, -0.15) is 0 Å². The van der Waals surface area contributed by atoms with E-state index < -0.39 is 24.0 Å². The Morgan fingerprint density at radius 2 is 1.89 bits per heavy atom. The van der Waals surface area contributed by atoms with E-state index in [0.717, 1.165) is 45.6 Å². The number of methoxy groups -OCH3 is 1. The minimum absolute atomic E-state index is 0.0995. The van der Waals surface area contributed by atoms with Crippen molar-refractivity contribution in [3.63, 3.8) is 0 Å². The number of amides is 2. The average Bonchev–Trinajstić information content (AvgIpc) is 3.82. The van der Waals surface area contributed by atoms with Gasteiger partial charge in [0.2, 0.25) is 12.1 Å². The Hall–Kier alpha value is -5.47. The standard InChI is InChI=1S/C43H44FN7O5S/c1-43(2)19-25(12-14-55-43)38(49-42(53)54-3)40(52)50-13-4-5-32(50)39-46-21-30(48-39)24-8-9-31-27(15-24)17-33-37-28(44)16-26(29-20-45-22-47-29)18-34(37)56-41(51(31)33)36-11-10-35(57-36)23-6-7-23/h8-11,15-18,20-23,25,32,38,41H,4-7,12-14,19H2,1-3H3,(H,45,47)(H,46,48)(H,49,53). The highest BCUT2D eigenvalue weighted by Gasteiger charge is 2.43. The van der Waals surface area contributed by atoms with Gasteiger partial charge in [-0.05, 0) is 107 Å². The summed E-state index contributed by atoms with van der Waals surface area (Å²) in [7, 11) is 1.31. The van der Waals surface area contributed by atoms with Gasteiger partial charge < -0.3 is 34.4 Å². The Labute approximate surface area is 332 Å². The third-order valence-corrected chi connectivity index (χ3v) is 13.3. The van der Waals surface area contributed by atoms with E-state index in [2.05, 4.69) is 49.1 Å². The molecule has 0 spiro atoms.